The lowest BCUT2D eigenvalue weighted by atomic mass is 10.2. The van der Waals surface area contributed by atoms with Crippen molar-refractivity contribution in [2.24, 2.45) is 0 Å². The summed E-state index contributed by atoms with van der Waals surface area (Å²) in [5, 5.41) is 0. The summed E-state index contributed by atoms with van der Waals surface area (Å²) in [6, 6.07) is 0. The Kier molecular flexibility index (Phi) is 2.94. The molecule has 0 saturated carbocycles. The van der Waals surface area contributed by atoms with E-state index >= 15 is 0 Å². The molecule has 0 fully saturated rings. The van der Waals surface area contributed by atoms with E-state index in [1.165, 1.54) is 0 Å². The first-order valence-corrected chi connectivity index (χ1v) is 2.46. The maximum atomic E-state index is 11.8. The van der Waals surface area contributed by atoms with Gasteiger partial charge in [-0.3, -0.25) is 0 Å². The van der Waals surface area contributed by atoms with E-state index in [1.807, 2.05) is 0 Å². The Labute approximate surface area is 50.9 Å². The Morgan fingerprint density at radius 2 is 1.78 bits per heavy atom. The van der Waals surface area contributed by atoms with Crippen molar-refractivity contribution in [1.82, 2.24) is 0 Å². The maximum Gasteiger partial charge on any atom is 0.391 e. The van der Waals surface area contributed by atoms with Gasteiger partial charge < -0.3 is 0 Å². The van der Waals surface area contributed by atoms with Gasteiger partial charge in [0.05, 0.1) is 6.42 Å². The van der Waals surface area contributed by atoms with Gasteiger partial charge in [0.2, 0.25) is 0 Å². The van der Waals surface area contributed by atoms with Crippen LogP contribution >= 0.6 is 0 Å². The summed E-state index contributed by atoms with van der Waals surface area (Å²) in [5.41, 5.74) is 0. The Balaban J connectivity index is 3.47. The zero-order valence-corrected chi connectivity index (χ0v) is 4.71. The zero-order chi connectivity index (χ0) is 7.49. The van der Waals surface area contributed by atoms with Gasteiger partial charge in [-0.25, -0.2) is 4.39 Å². The monoisotopic (exact) mass is 143 g/mol. The van der Waals surface area contributed by atoms with Gasteiger partial charge in [-0.1, -0.05) is 6.92 Å². The van der Waals surface area contributed by atoms with Gasteiger partial charge in [-0.05, 0) is 6.42 Å². The fourth-order valence-electron chi connectivity index (χ4n) is 0.353. The molecule has 0 aromatic heterocycles. The van der Waals surface area contributed by atoms with Crippen LogP contribution in [0.4, 0.5) is 17.6 Å². The summed E-state index contributed by atoms with van der Waals surface area (Å²) >= 11 is 0. The van der Waals surface area contributed by atoms with E-state index in [0.29, 0.717) is 0 Å². The van der Waals surface area contributed by atoms with Gasteiger partial charge in [-0.15, -0.1) is 0 Å². The molecule has 0 aliphatic carbocycles. The first kappa shape index (κ1) is 8.72. The number of hydrogen-bond acceptors (Lipinski definition) is 0. The average molecular weight is 143 g/mol. The number of hydrogen-bond donors (Lipinski definition) is 0. The molecular formula is C5H7F4. The predicted molar refractivity (Wildman–Crippen MR) is 25.5 cm³/mol. The first-order valence-electron chi connectivity index (χ1n) is 2.46. The van der Waals surface area contributed by atoms with Crippen LogP contribution < -0.4 is 0 Å². The molecule has 0 amide bonds. The Hall–Kier alpha value is -0.280. The van der Waals surface area contributed by atoms with Crippen LogP contribution in [0.5, 0.6) is 0 Å². The van der Waals surface area contributed by atoms with E-state index in [4.69, 9.17) is 0 Å². The third kappa shape index (κ3) is 5.59. The highest BCUT2D eigenvalue weighted by atomic mass is 19.4. The second-order valence-corrected chi connectivity index (χ2v) is 1.71. The Bertz CT molecular complexity index is 75.5. The van der Waals surface area contributed by atoms with E-state index in [9.17, 15) is 17.6 Å². The lowest BCUT2D eigenvalue weighted by molar-refractivity contribution is -0.145. The minimum absolute atomic E-state index is 0.320. The molecule has 0 spiro atoms. The SMILES string of the molecule is [CH2]C[C@H](F)CC(F)(F)F. The van der Waals surface area contributed by atoms with E-state index in [2.05, 4.69) is 6.92 Å². The van der Waals surface area contributed by atoms with Crippen LogP contribution in [0.1, 0.15) is 12.8 Å². The molecule has 0 N–H and O–H groups in total. The first-order chi connectivity index (χ1) is 3.95. The molecule has 0 aliphatic rings. The van der Waals surface area contributed by atoms with Crippen molar-refractivity contribution in [3.63, 3.8) is 0 Å². The molecule has 0 aromatic rings. The maximum absolute atomic E-state index is 11.8. The number of alkyl halides is 4. The molecule has 0 saturated heterocycles. The minimum atomic E-state index is -4.39. The van der Waals surface area contributed by atoms with Gasteiger partial charge in [0.25, 0.3) is 0 Å². The highest BCUT2D eigenvalue weighted by molar-refractivity contribution is 4.62. The lowest BCUT2D eigenvalue weighted by Crippen LogP contribution is -2.14. The van der Waals surface area contributed by atoms with Crippen molar-refractivity contribution >= 4 is 0 Å². The topological polar surface area (TPSA) is 0 Å². The van der Waals surface area contributed by atoms with Crippen molar-refractivity contribution in [2.75, 3.05) is 0 Å². The minimum Gasteiger partial charge on any atom is -0.247 e. The molecule has 0 unspecified atom stereocenters. The summed E-state index contributed by atoms with van der Waals surface area (Å²) < 4.78 is 45.5. The quantitative estimate of drug-likeness (QED) is 0.521. The van der Waals surface area contributed by atoms with Crippen LogP contribution in [0.2, 0.25) is 0 Å². The molecule has 0 aromatic carbocycles. The van der Waals surface area contributed by atoms with E-state index in [0.717, 1.165) is 0 Å². The predicted octanol–water partition coefficient (Wildman–Crippen LogP) is 2.50. The highest BCUT2D eigenvalue weighted by Crippen LogP contribution is 2.23. The average Bonchev–Trinajstić information content (AvgIpc) is 1.62. The highest BCUT2D eigenvalue weighted by Gasteiger charge is 2.30. The third-order valence-electron chi connectivity index (χ3n) is 0.766. The van der Waals surface area contributed by atoms with Crippen LogP contribution in [0.15, 0.2) is 0 Å². The van der Waals surface area contributed by atoms with Crippen LogP contribution in [0.3, 0.4) is 0 Å². The van der Waals surface area contributed by atoms with Crippen LogP contribution in [0, 0.1) is 6.92 Å². The van der Waals surface area contributed by atoms with E-state index in [1.54, 1.807) is 0 Å². The molecular weight excluding hydrogens is 136 g/mol. The number of rotatable bonds is 2. The fraction of sp³-hybridized carbons (Fsp3) is 0.800. The summed E-state index contributed by atoms with van der Waals surface area (Å²) in [6.07, 6.45) is -7.93. The zero-order valence-electron chi connectivity index (χ0n) is 4.71. The summed E-state index contributed by atoms with van der Waals surface area (Å²) in [4.78, 5) is 0. The van der Waals surface area contributed by atoms with Gasteiger partial charge in [0, 0.05) is 0 Å². The summed E-state index contributed by atoms with van der Waals surface area (Å²) in [6.45, 7) is 2.99. The third-order valence-corrected chi connectivity index (χ3v) is 0.766. The second-order valence-electron chi connectivity index (χ2n) is 1.71. The van der Waals surface area contributed by atoms with Crippen molar-refractivity contribution in [1.29, 1.82) is 0 Å². The molecule has 1 atom stereocenters. The standard InChI is InChI=1S/C5H7F4/c1-2-4(6)3-5(7,8)9/h4H,1-3H2/t4-/m0/s1. The molecule has 0 nitrogen and oxygen atoms in total. The molecule has 0 rings (SSSR count). The Morgan fingerprint density at radius 3 is 1.89 bits per heavy atom. The molecule has 4 heteroatoms. The summed E-state index contributed by atoms with van der Waals surface area (Å²) in [7, 11) is 0. The molecule has 9 heavy (non-hydrogen) atoms. The Morgan fingerprint density at radius 1 is 1.33 bits per heavy atom. The van der Waals surface area contributed by atoms with Gasteiger partial charge >= 0.3 is 6.18 Å². The second kappa shape index (κ2) is 3.03. The van der Waals surface area contributed by atoms with E-state index in [-0.39, 0.29) is 6.42 Å². The molecule has 55 valence electrons. The van der Waals surface area contributed by atoms with Crippen LogP contribution in [0.25, 0.3) is 0 Å². The fourth-order valence-corrected chi connectivity index (χ4v) is 0.353. The largest absolute Gasteiger partial charge is 0.391 e. The summed E-state index contributed by atoms with van der Waals surface area (Å²) in [5.74, 6) is 0. The smallest absolute Gasteiger partial charge is 0.247 e. The number of halogens is 4. The van der Waals surface area contributed by atoms with E-state index < -0.39 is 18.8 Å². The van der Waals surface area contributed by atoms with Crippen LogP contribution in [-0.4, -0.2) is 12.3 Å². The van der Waals surface area contributed by atoms with Crippen LogP contribution in [-0.2, 0) is 0 Å². The molecule has 0 bridgehead atoms. The van der Waals surface area contributed by atoms with Crippen molar-refractivity contribution in [2.45, 2.75) is 25.2 Å². The molecule has 1 radical (unpaired) electrons. The van der Waals surface area contributed by atoms with Gasteiger partial charge in [0.15, 0.2) is 0 Å². The van der Waals surface area contributed by atoms with Crippen molar-refractivity contribution < 1.29 is 17.6 Å². The van der Waals surface area contributed by atoms with Crippen molar-refractivity contribution in [3.05, 3.63) is 6.92 Å². The van der Waals surface area contributed by atoms with Crippen molar-refractivity contribution in [3.8, 4) is 0 Å². The molecule has 0 aliphatic heterocycles. The van der Waals surface area contributed by atoms with Gasteiger partial charge in [-0.2, -0.15) is 13.2 Å². The molecule has 0 heterocycles. The normalized spacial score (nSPS) is 15.7. The van der Waals surface area contributed by atoms with Gasteiger partial charge in [0.1, 0.15) is 6.17 Å². The lowest BCUT2D eigenvalue weighted by Gasteiger charge is -2.07.